The van der Waals surface area contributed by atoms with Crippen LogP contribution in [0.4, 0.5) is 13.6 Å². The maximum absolute atomic E-state index is 12.6. The highest BCUT2D eigenvalue weighted by molar-refractivity contribution is 5.74. The van der Waals surface area contributed by atoms with Crippen LogP contribution < -0.4 is 16.4 Å². The number of hydrogen-bond donors (Lipinski definition) is 3. The van der Waals surface area contributed by atoms with E-state index in [0.29, 0.717) is 0 Å². The molecule has 0 radical (unpaired) electrons. The lowest BCUT2D eigenvalue weighted by Gasteiger charge is -2.26. The van der Waals surface area contributed by atoms with Gasteiger partial charge in [0, 0.05) is 6.04 Å². The zero-order valence-electron chi connectivity index (χ0n) is 7.85. The molecule has 0 unspecified atom stereocenters. The number of hydrogen-bond acceptors (Lipinski definition) is 2. The molecule has 1 fully saturated rings. The summed E-state index contributed by atoms with van der Waals surface area (Å²) in [5.41, 5.74) is 4.81. The molecule has 4 nitrogen and oxygen atoms in total. The maximum Gasteiger partial charge on any atom is 0.315 e. The molecule has 82 valence electrons. The number of rotatable bonds is 4. The average Bonchev–Trinajstić information content (AvgIpc) is 2.08. The normalized spacial score (nSPS) is 17.4. The van der Waals surface area contributed by atoms with Crippen LogP contribution in [0.3, 0.4) is 0 Å². The van der Waals surface area contributed by atoms with Gasteiger partial charge in [0.05, 0.1) is 13.1 Å². The van der Waals surface area contributed by atoms with Crippen molar-refractivity contribution < 1.29 is 13.6 Å². The zero-order valence-corrected chi connectivity index (χ0v) is 7.85. The number of alkyl halides is 2. The first-order valence-electron chi connectivity index (χ1n) is 4.66. The number of carbonyl (C=O) groups is 1. The number of carbonyl (C=O) groups excluding carboxylic acids is 1. The molecule has 0 bridgehead atoms. The standard InChI is InChI=1S/C8H15F2N3O/c9-8(10,4-11)5-12-7(14)13-6-2-1-3-6/h6H,1-5,11H2,(H2,12,13,14). The molecular formula is C8H15F2N3O. The summed E-state index contributed by atoms with van der Waals surface area (Å²) in [5, 5.41) is 4.68. The van der Waals surface area contributed by atoms with E-state index in [-0.39, 0.29) is 6.04 Å². The highest BCUT2D eigenvalue weighted by Gasteiger charge is 2.28. The summed E-state index contributed by atoms with van der Waals surface area (Å²) >= 11 is 0. The molecule has 0 spiro atoms. The Balaban J connectivity index is 2.13. The molecule has 4 N–H and O–H groups in total. The molecule has 0 aromatic heterocycles. The molecule has 14 heavy (non-hydrogen) atoms. The Kier molecular flexibility index (Phi) is 3.62. The summed E-state index contributed by atoms with van der Waals surface area (Å²) in [5.74, 6) is -3.02. The average molecular weight is 207 g/mol. The molecule has 6 heteroatoms. The van der Waals surface area contributed by atoms with Gasteiger partial charge in [0.2, 0.25) is 0 Å². The van der Waals surface area contributed by atoms with Crippen molar-refractivity contribution in [2.45, 2.75) is 31.2 Å². The van der Waals surface area contributed by atoms with E-state index in [1.54, 1.807) is 0 Å². The van der Waals surface area contributed by atoms with Crippen LogP contribution in [0.15, 0.2) is 0 Å². The quantitative estimate of drug-likeness (QED) is 0.626. The molecule has 0 aliphatic heterocycles. The van der Waals surface area contributed by atoms with E-state index in [1.807, 2.05) is 0 Å². The Hall–Kier alpha value is -0.910. The molecule has 0 saturated heterocycles. The van der Waals surface area contributed by atoms with Crippen LogP contribution in [0.25, 0.3) is 0 Å². The van der Waals surface area contributed by atoms with Crippen molar-refractivity contribution in [3.63, 3.8) is 0 Å². The van der Waals surface area contributed by atoms with E-state index in [2.05, 4.69) is 10.6 Å². The first kappa shape index (κ1) is 11.2. The third-order valence-electron chi connectivity index (χ3n) is 2.25. The fourth-order valence-corrected chi connectivity index (χ4v) is 1.07. The zero-order chi connectivity index (χ0) is 10.6. The lowest BCUT2D eigenvalue weighted by molar-refractivity contribution is 0.0142. The third-order valence-corrected chi connectivity index (χ3v) is 2.25. The molecule has 1 aliphatic carbocycles. The predicted molar refractivity (Wildman–Crippen MR) is 48.2 cm³/mol. The molecule has 0 aromatic rings. The van der Waals surface area contributed by atoms with Crippen LogP contribution in [0.5, 0.6) is 0 Å². The second kappa shape index (κ2) is 4.54. The lowest BCUT2D eigenvalue weighted by atomic mass is 9.93. The van der Waals surface area contributed by atoms with Crippen LogP contribution >= 0.6 is 0 Å². The van der Waals surface area contributed by atoms with E-state index in [9.17, 15) is 13.6 Å². The SMILES string of the molecule is NCC(F)(F)CNC(=O)NC1CCC1. The van der Waals surface area contributed by atoms with Gasteiger partial charge in [-0.05, 0) is 19.3 Å². The number of nitrogens with two attached hydrogens (primary N) is 1. The molecule has 1 saturated carbocycles. The van der Waals surface area contributed by atoms with Gasteiger partial charge in [0.25, 0.3) is 5.92 Å². The van der Waals surface area contributed by atoms with Gasteiger partial charge in [-0.25, -0.2) is 13.6 Å². The third kappa shape index (κ3) is 3.45. The second-order valence-electron chi connectivity index (χ2n) is 3.51. The summed E-state index contributed by atoms with van der Waals surface area (Å²) in [4.78, 5) is 11.0. The highest BCUT2D eigenvalue weighted by Crippen LogP contribution is 2.17. The number of urea groups is 1. The molecule has 0 atom stereocenters. The minimum absolute atomic E-state index is 0.154. The van der Waals surface area contributed by atoms with Gasteiger partial charge in [0.15, 0.2) is 0 Å². The van der Waals surface area contributed by atoms with E-state index < -0.39 is 25.0 Å². The summed E-state index contributed by atoms with van der Waals surface area (Å²) in [7, 11) is 0. The topological polar surface area (TPSA) is 67.1 Å². The van der Waals surface area contributed by atoms with Gasteiger partial charge >= 0.3 is 6.03 Å². The van der Waals surface area contributed by atoms with Crippen LogP contribution in [0, 0.1) is 0 Å². The van der Waals surface area contributed by atoms with Crippen LogP contribution in [0.2, 0.25) is 0 Å². The van der Waals surface area contributed by atoms with Crippen LogP contribution in [-0.2, 0) is 0 Å². The van der Waals surface area contributed by atoms with E-state index in [1.165, 1.54) is 0 Å². The van der Waals surface area contributed by atoms with E-state index in [0.717, 1.165) is 19.3 Å². The predicted octanol–water partition coefficient (Wildman–Crippen LogP) is 0.432. The Labute approximate surface area is 81.2 Å². The van der Waals surface area contributed by atoms with Crippen molar-refractivity contribution in [3.8, 4) is 0 Å². The van der Waals surface area contributed by atoms with Gasteiger partial charge in [-0.3, -0.25) is 0 Å². The molecule has 1 rings (SSSR count). The molecular weight excluding hydrogens is 192 g/mol. The minimum Gasteiger partial charge on any atom is -0.335 e. The van der Waals surface area contributed by atoms with E-state index in [4.69, 9.17) is 5.73 Å². The lowest BCUT2D eigenvalue weighted by Crippen LogP contribution is -2.49. The highest BCUT2D eigenvalue weighted by atomic mass is 19.3. The Morgan fingerprint density at radius 1 is 1.50 bits per heavy atom. The van der Waals surface area contributed by atoms with Gasteiger partial charge in [0.1, 0.15) is 0 Å². The second-order valence-corrected chi connectivity index (χ2v) is 3.51. The number of halogens is 2. The Morgan fingerprint density at radius 2 is 2.14 bits per heavy atom. The summed E-state index contributed by atoms with van der Waals surface area (Å²) in [6.45, 7) is -1.46. The van der Waals surface area contributed by atoms with Gasteiger partial charge in [-0.2, -0.15) is 0 Å². The van der Waals surface area contributed by atoms with Crippen LogP contribution in [-0.4, -0.2) is 31.1 Å². The van der Waals surface area contributed by atoms with Crippen molar-refractivity contribution in [1.82, 2.24) is 10.6 Å². The summed E-state index contributed by atoms with van der Waals surface area (Å²) in [6.07, 6.45) is 2.95. The van der Waals surface area contributed by atoms with Gasteiger partial charge in [-0.15, -0.1) is 0 Å². The van der Waals surface area contributed by atoms with Crippen LogP contribution in [0.1, 0.15) is 19.3 Å². The van der Waals surface area contributed by atoms with Gasteiger partial charge < -0.3 is 16.4 Å². The Morgan fingerprint density at radius 3 is 2.57 bits per heavy atom. The molecule has 0 aromatic carbocycles. The first-order chi connectivity index (χ1) is 6.53. The fourth-order valence-electron chi connectivity index (χ4n) is 1.07. The van der Waals surface area contributed by atoms with Crippen molar-refractivity contribution in [1.29, 1.82) is 0 Å². The summed E-state index contributed by atoms with van der Waals surface area (Å²) < 4.78 is 25.2. The minimum atomic E-state index is -3.02. The first-order valence-corrected chi connectivity index (χ1v) is 4.66. The largest absolute Gasteiger partial charge is 0.335 e. The van der Waals surface area contributed by atoms with Crippen molar-refractivity contribution in [3.05, 3.63) is 0 Å². The molecule has 0 heterocycles. The Bertz CT molecular complexity index is 207. The molecule has 1 aliphatic rings. The fraction of sp³-hybridized carbons (Fsp3) is 0.875. The smallest absolute Gasteiger partial charge is 0.315 e. The monoisotopic (exact) mass is 207 g/mol. The van der Waals surface area contributed by atoms with Gasteiger partial charge in [-0.1, -0.05) is 0 Å². The van der Waals surface area contributed by atoms with E-state index >= 15 is 0 Å². The van der Waals surface area contributed by atoms with Crippen molar-refractivity contribution in [2.24, 2.45) is 5.73 Å². The van der Waals surface area contributed by atoms with Crippen molar-refractivity contribution >= 4 is 6.03 Å². The molecule has 2 amide bonds. The number of amides is 2. The maximum atomic E-state index is 12.6. The summed E-state index contributed by atoms with van der Waals surface area (Å²) in [6, 6.07) is -0.385. The number of nitrogens with one attached hydrogen (secondary N) is 2. The van der Waals surface area contributed by atoms with Crippen molar-refractivity contribution in [2.75, 3.05) is 13.1 Å².